The van der Waals surface area contributed by atoms with Gasteiger partial charge in [0.1, 0.15) is 0 Å². The van der Waals surface area contributed by atoms with E-state index in [1.807, 2.05) is 0 Å². The second kappa shape index (κ2) is 6.25. The van der Waals surface area contributed by atoms with Crippen molar-refractivity contribution in [2.45, 2.75) is 70.2 Å². The van der Waals surface area contributed by atoms with Gasteiger partial charge in [0.05, 0.1) is 6.10 Å². The quantitative estimate of drug-likeness (QED) is 0.687. The van der Waals surface area contributed by atoms with Crippen LogP contribution in [0.5, 0.6) is 0 Å². The molecule has 1 aliphatic heterocycles. The molecule has 0 N–H and O–H groups in total. The van der Waals surface area contributed by atoms with Gasteiger partial charge >= 0.3 is 0 Å². The SMILES string of the molecule is C[C@]12CC[C@@H]3c4ccccc4CC[C@H]3[C@@H]1C=C[C@H]2OC1CCCCO1. The van der Waals surface area contributed by atoms with Gasteiger partial charge in [-0.2, -0.15) is 0 Å². The zero-order valence-electron chi connectivity index (χ0n) is 15.3. The van der Waals surface area contributed by atoms with Crippen LogP contribution in [-0.2, 0) is 15.9 Å². The van der Waals surface area contributed by atoms with Crippen molar-refractivity contribution in [2.24, 2.45) is 17.3 Å². The highest BCUT2D eigenvalue weighted by molar-refractivity contribution is 5.36. The second-order valence-electron chi connectivity index (χ2n) is 8.82. The molecule has 1 saturated carbocycles. The van der Waals surface area contributed by atoms with Crippen molar-refractivity contribution in [2.75, 3.05) is 6.61 Å². The third-order valence-electron chi connectivity index (χ3n) is 7.51. The Morgan fingerprint density at radius 3 is 2.88 bits per heavy atom. The first-order valence-corrected chi connectivity index (χ1v) is 10.3. The highest BCUT2D eigenvalue weighted by Crippen LogP contribution is 2.59. The molecule has 2 nitrogen and oxygen atoms in total. The number of ether oxygens (including phenoxy) is 2. The predicted molar refractivity (Wildman–Crippen MR) is 99.4 cm³/mol. The van der Waals surface area contributed by atoms with Crippen molar-refractivity contribution in [3.05, 3.63) is 47.5 Å². The molecule has 5 rings (SSSR count). The van der Waals surface area contributed by atoms with Gasteiger partial charge in [0.2, 0.25) is 0 Å². The number of hydrogen-bond acceptors (Lipinski definition) is 2. The third-order valence-corrected chi connectivity index (χ3v) is 7.51. The summed E-state index contributed by atoms with van der Waals surface area (Å²) in [5.41, 5.74) is 3.49. The summed E-state index contributed by atoms with van der Waals surface area (Å²) in [5, 5.41) is 0. The molecule has 0 radical (unpaired) electrons. The fourth-order valence-corrected chi connectivity index (χ4v) is 6.12. The monoisotopic (exact) mass is 338 g/mol. The van der Waals surface area contributed by atoms with E-state index in [9.17, 15) is 0 Å². The molecule has 2 fully saturated rings. The molecule has 1 heterocycles. The molecule has 4 aliphatic rings. The highest BCUT2D eigenvalue weighted by Gasteiger charge is 2.53. The zero-order chi connectivity index (χ0) is 16.9. The molecule has 0 spiro atoms. The van der Waals surface area contributed by atoms with Crippen LogP contribution in [0.4, 0.5) is 0 Å². The fourth-order valence-electron chi connectivity index (χ4n) is 6.12. The summed E-state index contributed by atoms with van der Waals surface area (Å²) in [6, 6.07) is 9.16. The van der Waals surface area contributed by atoms with Crippen LogP contribution in [0.15, 0.2) is 36.4 Å². The van der Waals surface area contributed by atoms with Gasteiger partial charge in [-0.15, -0.1) is 0 Å². The minimum atomic E-state index is 0.0174. The van der Waals surface area contributed by atoms with E-state index >= 15 is 0 Å². The van der Waals surface area contributed by atoms with Crippen LogP contribution in [0.1, 0.15) is 62.5 Å². The van der Waals surface area contributed by atoms with Crippen molar-refractivity contribution >= 4 is 0 Å². The first-order valence-electron chi connectivity index (χ1n) is 10.3. The molecule has 1 saturated heterocycles. The van der Waals surface area contributed by atoms with Crippen LogP contribution < -0.4 is 0 Å². The van der Waals surface area contributed by atoms with E-state index in [-0.39, 0.29) is 17.8 Å². The summed E-state index contributed by atoms with van der Waals surface area (Å²) in [4.78, 5) is 0. The molecule has 1 unspecified atom stereocenters. The molecule has 6 atom stereocenters. The third kappa shape index (κ3) is 2.61. The van der Waals surface area contributed by atoms with Crippen molar-refractivity contribution in [1.82, 2.24) is 0 Å². The highest BCUT2D eigenvalue weighted by atomic mass is 16.7. The average molecular weight is 338 g/mol. The Morgan fingerprint density at radius 1 is 1.08 bits per heavy atom. The molecule has 1 aromatic carbocycles. The minimum absolute atomic E-state index is 0.0174. The Morgan fingerprint density at radius 2 is 2.00 bits per heavy atom. The summed E-state index contributed by atoms with van der Waals surface area (Å²) in [6.45, 7) is 3.34. The van der Waals surface area contributed by atoms with Gasteiger partial charge < -0.3 is 9.47 Å². The van der Waals surface area contributed by atoms with Gasteiger partial charge in [-0.05, 0) is 73.8 Å². The number of benzene rings is 1. The van der Waals surface area contributed by atoms with Crippen LogP contribution in [0, 0.1) is 17.3 Å². The van der Waals surface area contributed by atoms with E-state index in [1.165, 1.54) is 38.5 Å². The van der Waals surface area contributed by atoms with Crippen LogP contribution >= 0.6 is 0 Å². The lowest BCUT2D eigenvalue weighted by molar-refractivity contribution is -0.205. The lowest BCUT2D eigenvalue weighted by Gasteiger charge is -2.51. The Kier molecular flexibility index (Phi) is 4.02. The van der Waals surface area contributed by atoms with Crippen molar-refractivity contribution in [3.63, 3.8) is 0 Å². The molecule has 2 heteroatoms. The minimum Gasteiger partial charge on any atom is -0.353 e. The molecule has 3 aliphatic carbocycles. The summed E-state index contributed by atoms with van der Waals surface area (Å²) in [5.74, 6) is 2.19. The van der Waals surface area contributed by atoms with Gasteiger partial charge in [-0.3, -0.25) is 0 Å². The maximum atomic E-state index is 6.46. The summed E-state index contributed by atoms with van der Waals surface area (Å²) in [7, 11) is 0. The van der Waals surface area contributed by atoms with Crippen LogP contribution in [0.25, 0.3) is 0 Å². The molecule has 1 aromatic rings. The van der Waals surface area contributed by atoms with Crippen molar-refractivity contribution in [3.8, 4) is 0 Å². The van der Waals surface area contributed by atoms with E-state index in [0.29, 0.717) is 5.92 Å². The molecule has 0 bridgehead atoms. The molecule has 0 aromatic heterocycles. The van der Waals surface area contributed by atoms with Gasteiger partial charge in [0, 0.05) is 12.0 Å². The zero-order valence-corrected chi connectivity index (χ0v) is 15.3. The van der Waals surface area contributed by atoms with Crippen molar-refractivity contribution in [1.29, 1.82) is 0 Å². The Balaban J connectivity index is 1.37. The predicted octanol–water partition coefficient (Wildman–Crippen LogP) is 5.23. The largest absolute Gasteiger partial charge is 0.353 e. The van der Waals surface area contributed by atoms with E-state index in [2.05, 4.69) is 43.3 Å². The average Bonchev–Trinajstić information content (AvgIpc) is 2.99. The lowest BCUT2D eigenvalue weighted by Crippen LogP contribution is -2.46. The Labute approximate surface area is 151 Å². The molecular weight excluding hydrogens is 308 g/mol. The smallest absolute Gasteiger partial charge is 0.158 e. The Hall–Kier alpha value is -1.12. The number of hydrogen-bond donors (Lipinski definition) is 0. The number of rotatable bonds is 2. The maximum Gasteiger partial charge on any atom is 0.158 e. The van der Waals surface area contributed by atoms with Gasteiger partial charge in [0.15, 0.2) is 6.29 Å². The summed E-state index contributed by atoms with van der Waals surface area (Å²) in [6.07, 6.45) is 13.7. The number of allylic oxidation sites excluding steroid dienone is 1. The molecule has 0 amide bonds. The Bertz CT molecular complexity index is 660. The first kappa shape index (κ1) is 16.1. The van der Waals surface area contributed by atoms with Gasteiger partial charge in [-0.25, -0.2) is 0 Å². The maximum absolute atomic E-state index is 6.46. The number of fused-ring (bicyclic) bond motifs is 5. The molecule has 134 valence electrons. The number of aryl methyl sites for hydroxylation is 1. The van der Waals surface area contributed by atoms with Crippen LogP contribution in [0.3, 0.4) is 0 Å². The first-order chi connectivity index (χ1) is 12.3. The van der Waals surface area contributed by atoms with Gasteiger partial charge in [0.25, 0.3) is 0 Å². The summed E-state index contributed by atoms with van der Waals surface area (Å²) < 4.78 is 12.3. The van der Waals surface area contributed by atoms with Crippen molar-refractivity contribution < 1.29 is 9.47 Å². The van der Waals surface area contributed by atoms with E-state index in [4.69, 9.17) is 9.47 Å². The molecule has 25 heavy (non-hydrogen) atoms. The fraction of sp³-hybridized carbons (Fsp3) is 0.652. The normalized spacial score (nSPS) is 42.5. The van der Waals surface area contributed by atoms with Crippen LogP contribution in [-0.4, -0.2) is 19.0 Å². The van der Waals surface area contributed by atoms with E-state index in [1.54, 1.807) is 11.1 Å². The molecular formula is C23H30O2. The lowest BCUT2D eigenvalue weighted by atomic mass is 9.55. The topological polar surface area (TPSA) is 18.5 Å². The summed E-state index contributed by atoms with van der Waals surface area (Å²) >= 11 is 0. The van der Waals surface area contributed by atoms with E-state index in [0.717, 1.165) is 24.9 Å². The van der Waals surface area contributed by atoms with E-state index < -0.39 is 0 Å². The standard InChI is InChI=1S/C23H30O2/c1-23-14-13-18-17-7-3-2-6-16(17)9-10-19(18)20(23)11-12-21(23)25-22-8-4-5-15-24-22/h2-3,6-7,11-12,18-22H,4-5,8-10,13-15H2,1H3/t18-,19-,20+,21-,22?,23+/m1/s1. The van der Waals surface area contributed by atoms with Gasteiger partial charge in [-0.1, -0.05) is 43.3 Å². The second-order valence-corrected chi connectivity index (χ2v) is 8.82. The van der Waals surface area contributed by atoms with Crippen LogP contribution in [0.2, 0.25) is 0 Å².